The number of Topliss-reactive ketones (excluding diaryl/α,β-unsaturated/α-hetero) is 1. The summed E-state index contributed by atoms with van der Waals surface area (Å²) >= 11 is 0. The first-order valence-electron chi connectivity index (χ1n) is 7.51. The minimum Gasteiger partial charge on any atom is -0.300 e. The Morgan fingerprint density at radius 3 is 2.55 bits per heavy atom. The van der Waals surface area contributed by atoms with Crippen LogP contribution in [0.1, 0.15) is 37.0 Å². The standard InChI is InChI=1S/C17H26N2O/c1-17(2)14-19(13-12-18(17)3)11-7-10-16(20)15-8-5-4-6-9-15/h4-6,8-9H,7,10-14H2,1-3H3. The lowest BCUT2D eigenvalue weighted by atomic mass is 9.99. The van der Waals surface area contributed by atoms with E-state index in [0.29, 0.717) is 6.42 Å². The molecule has 1 aliphatic rings. The number of hydrogen-bond acceptors (Lipinski definition) is 3. The van der Waals surface area contributed by atoms with Gasteiger partial charge in [0.25, 0.3) is 0 Å². The van der Waals surface area contributed by atoms with Gasteiger partial charge in [-0.15, -0.1) is 0 Å². The monoisotopic (exact) mass is 274 g/mol. The molecular weight excluding hydrogens is 248 g/mol. The third kappa shape index (κ3) is 3.90. The number of benzene rings is 1. The molecule has 0 N–H and O–H groups in total. The van der Waals surface area contributed by atoms with Gasteiger partial charge < -0.3 is 4.90 Å². The Labute approximate surface area is 122 Å². The Balaban J connectivity index is 1.75. The highest BCUT2D eigenvalue weighted by Crippen LogP contribution is 2.19. The molecule has 0 spiro atoms. The van der Waals surface area contributed by atoms with Crippen LogP contribution in [0.3, 0.4) is 0 Å². The molecular formula is C17H26N2O. The smallest absolute Gasteiger partial charge is 0.162 e. The Morgan fingerprint density at radius 1 is 1.20 bits per heavy atom. The van der Waals surface area contributed by atoms with Crippen LogP contribution in [0.15, 0.2) is 30.3 Å². The van der Waals surface area contributed by atoms with Gasteiger partial charge in [-0.2, -0.15) is 0 Å². The maximum absolute atomic E-state index is 12.0. The topological polar surface area (TPSA) is 23.6 Å². The van der Waals surface area contributed by atoms with Gasteiger partial charge in [-0.1, -0.05) is 30.3 Å². The summed E-state index contributed by atoms with van der Waals surface area (Å²) in [5.41, 5.74) is 1.08. The summed E-state index contributed by atoms with van der Waals surface area (Å²) in [6.07, 6.45) is 1.60. The molecule has 0 amide bonds. The van der Waals surface area contributed by atoms with Crippen LogP contribution in [0.2, 0.25) is 0 Å². The molecule has 1 heterocycles. The predicted octanol–water partition coefficient (Wildman–Crippen LogP) is 2.68. The van der Waals surface area contributed by atoms with Crippen LogP contribution in [0.25, 0.3) is 0 Å². The fourth-order valence-corrected chi connectivity index (χ4v) is 2.76. The quantitative estimate of drug-likeness (QED) is 0.771. The maximum Gasteiger partial charge on any atom is 0.162 e. The van der Waals surface area contributed by atoms with Crippen molar-refractivity contribution >= 4 is 5.78 Å². The maximum atomic E-state index is 12.0. The number of ketones is 1. The number of rotatable bonds is 5. The van der Waals surface area contributed by atoms with Crippen LogP contribution in [0, 0.1) is 0 Å². The van der Waals surface area contributed by atoms with Gasteiger partial charge in [0.1, 0.15) is 0 Å². The highest BCUT2D eigenvalue weighted by Gasteiger charge is 2.30. The van der Waals surface area contributed by atoms with Gasteiger partial charge in [0.05, 0.1) is 0 Å². The third-order valence-electron chi connectivity index (χ3n) is 4.37. The summed E-state index contributed by atoms with van der Waals surface area (Å²) in [5.74, 6) is 0.263. The summed E-state index contributed by atoms with van der Waals surface area (Å²) in [5, 5.41) is 0. The molecule has 20 heavy (non-hydrogen) atoms. The van der Waals surface area contributed by atoms with Crippen molar-refractivity contribution in [2.75, 3.05) is 33.2 Å². The number of hydrogen-bond donors (Lipinski definition) is 0. The van der Waals surface area contributed by atoms with Crippen molar-refractivity contribution in [3.8, 4) is 0 Å². The molecule has 110 valence electrons. The van der Waals surface area contributed by atoms with Crippen LogP contribution in [0.4, 0.5) is 0 Å². The molecule has 1 aliphatic heterocycles. The van der Waals surface area contributed by atoms with Gasteiger partial charge in [0.15, 0.2) is 5.78 Å². The van der Waals surface area contributed by atoms with E-state index in [0.717, 1.165) is 38.2 Å². The Hall–Kier alpha value is -1.19. The molecule has 2 rings (SSSR count). The van der Waals surface area contributed by atoms with Crippen molar-refractivity contribution in [2.45, 2.75) is 32.2 Å². The van der Waals surface area contributed by atoms with Gasteiger partial charge in [0, 0.05) is 37.2 Å². The Morgan fingerprint density at radius 2 is 1.90 bits per heavy atom. The second-order valence-electron chi connectivity index (χ2n) is 6.40. The van der Waals surface area contributed by atoms with E-state index in [1.165, 1.54) is 0 Å². The van der Waals surface area contributed by atoms with E-state index in [9.17, 15) is 4.79 Å². The zero-order valence-corrected chi connectivity index (χ0v) is 12.9. The summed E-state index contributed by atoms with van der Waals surface area (Å²) in [7, 11) is 2.19. The van der Waals surface area contributed by atoms with E-state index in [2.05, 4.69) is 30.7 Å². The van der Waals surface area contributed by atoms with Crippen molar-refractivity contribution in [3.05, 3.63) is 35.9 Å². The van der Waals surface area contributed by atoms with Gasteiger partial charge in [-0.05, 0) is 33.9 Å². The first-order valence-corrected chi connectivity index (χ1v) is 7.51. The lowest BCUT2D eigenvalue weighted by Crippen LogP contribution is -2.57. The van der Waals surface area contributed by atoms with E-state index >= 15 is 0 Å². The summed E-state index contributed by atoms with van der Waals surface area (Å²) in [4.78, 5) is 16.9. The molecule has 1 aromatic carbocycles. The van der Waals surface area contributed by atoms with Gasteiger partial charge in [-0.25, -0.2) is 0 Å². The second-order valence-corrected chi connectivity index (χ2v) is 6.40. The first-order chi connectivity index (χ1) is 9.49. The SMILES string of the molecule is CN1CCN(CCCC(=O)c2ccccc2)CC1(C)C. The minimum atomic E-state index is 0.238. The van der Waals surface area contributed by atoms with Crippen molar-refractivity contribution in [1.82, 2.24) is 9.80 Å². The molecule has 0 bridgehead atoms. The van der Waals surface area contributed by atoms with Gasteiger partial charge in [-0.3, -0.25) is 9.69 Å². The Bertz CT molecular complexity index is 442. The zero-order valence-electron chi connectivity index (χ0n) is 12.9. The number of piperazine rings is 1. The van der Waals surface area contributed by atoms with Crippen molar-refractivity contribution < 1.29 is 4.79 Å². The molecule has 0 aliphatic carbocycles. The highest BCUT2D eigenvalue weighted by atomic mass is 16.1. The van der Waals surface area contributed by atoms with Crippen LogP contribution in [-0.2, 0) is 0 Å². The van der Waals surface area contributed by atoms with Crippen LogP contribution in [0.5, 0.6) is 0 Å². The molecule has 3 heteroatoms. The lowest BCUT2D eigenvalue weighted by Gasteiger charge is -2.45. The average molecular weight is 274 g/mol. The molecule has 1 aromatic rings. The molecule has 0 saturated carbocycles. The minimum absolute atomic E-state index is 0.238. The normalized spacial score (nSPS) is 19.9. The third-order valence-corrected chi connectivity index (χ3v) is 4.37. The summed E-state index contributed by atoms with van der Waals surface area (Å²) in [6.45, 7) is 8.90. The molecule has 1 fully saturated rings. The number of likely N-dealkylation sites (N-methyl/N-ethyl adjacent to an activating group) is 1. The van der Waals surface area contributed by atoms with Gasteiger partial charge in [0.2, 0.25) is 0 Å². The fourth-order valence-electron chi connectivity index (χ4n) is 2.76. The van der Waals surface area contributed by atoms with E-state index in [-0.39, 0.29) is 11.3 Å². The zero-order chi connectivity index (χ0) is 14.6. The van der Waals surface area contributed by atoms with Crippen molar-refractivity contribution in [2.24, 2.45) is 0 Å². The van der Waals surface area contributed by atoms with E-state index in [1.807, 2.05) is 30.3 Å². The second kappa shape index (κ2) is 6.51. The predicted molar refractivity (Wildman–Crippen MR) is 83.2 cm³/mol. The van der Waals surface area contributed by atoms with E-state index in [1.54, 1.807) is 0 Å². The molecule has 3 nitrogen and oxygen atoms in total. The average Bonchev–Trinajstić information content (AvgIpc) is 2.43. The number of carbonyl (C=O) groups is 1. The first kappa shape index (κ1) is 15.2. The van der Waals surface area contributed by atoms with Crippen LogP contribution < -0.4 is 0 Å². The Kier molecular flexibility index (Phi) is 4.95. The van der Waals surface area contributed by atoms with Crippen LogP contribution in [-0.4, -0.2) is 54.3 Å². The van der Waals surface area contributed by atoms with Gasteiger partial charge >= 0.3 is 0 Å². The van der Waals surface area contributed by atoms with E-state index < -0.39 is 0 Å². The number of nitrogens with zero attached hydrogens (tertiary/aromatic N) is 2. The summed E-state index contributed by atoms with van der Waals surface area (Å²) in [6, 6.07) is 9.61. The molecule has 0 unspecified atom stereocenters. The molecule has 0 aromatic heterocycles. The van der Waals surface area contributed by atoms with E-state index in [4.69, 9.17) is 0 Å². The fraction of sp³-hybridized carbons (Fsp3) is 0.588. The molecule has 0 radical (unpaired) electrons. The highest BCUT2D eigenvalue weighted by molar-refractivity contribution is 5.95. The molecule has 0 atom stereocenters. The van der Waals surface area contributed by atoms with Crippen molar-refractivity contribution in [3.63, 3.8) is 0 Å². The van der Waals surface area contributed by atoms with Crippen molar-refractivity contribution in [1.29, 1.82) is 0 Å². The number of carbonyl (C=O) groups excluding carboxylic acids is 1. The van der Waals surface area contributed by atoms with Crippen LogP contribution >= 0.6 is 0 Å². The summed E-state index contributed by atoms with van der Waals surface area (Å²) < 4.78 is 0. The lowest BCUT2D eigenvalue weighted by molar-refractivity contribution is 0.0393. The largest absolute Gasteiger partial charge is 0.300 e. The molecule has 1 saturated heterocycles.